The zero-order chi connectivity index (χ0) is 16.7. The average Bonchev–Trinajstić information content (AvgIpc) is 2.59. The van der Waals surface area contributed by atoms with Crippen LogP contribution in [0.5, 0.6) is 0 Å². The lowest BCUT2D eigenvalue weighted by Crippen LogP contribution is -2.41. The highest BCUT2D eigenvalue weighted by Crippen LogP contribution is 2.35. The van der Waals surface area contributed by atoms with Gasteiger partial charge in [-0.1, -0.05) is 38.3 Å². The predicted molar refractivity (Wildman–Crippen MR) is 89.7 cm³/mol. The van der Waals surface area contributed by atoms with Crippen LogP contribution in [0.2, 0.25) is 0 Å². The van der Waals surface area contributed by atoms with E-state index in [-0.39, 0.29) is 29.7 Å². The number of amides is 1. The molecule has 1 aliphatic rings. The summed E-state index contributed by atoms with van der Waals surface area (Å²) in [5, 5.41) is 12.7. The zero-order valence-corrected chi connectivity index (χ0v) is 14.0. The van der Waals surface area contributed by atoms with Gasteiger partial charge in [0.25, 0.3) is 0 Å². The van der Waals surface area contributed by atoms with Crippen molar-refractivity contribution >= 4 is 5.91 Å². The summed E-state index contributed by atoms with van der Waals surface area (Å²) >= 11 is 0. The molecular weight excluding hydrogens is 293 g/mol. The second-order valence-corrected chi connectivity index (χ2v) is 6.86. The minimum Gasteiger partial charge on any atom is -0.396 e. The maximum Gasteiger partial charge on any atom is 0.220 e. The maximum atomic E-state index is 13.0. The smallest absolute Gasteiger partial charge is 0.220 e. The van der Waals surface area contributed by atoms with Gasteiger partial charge >= 0.3 is 0 Å². The lowest BCUT2D eigenvalue weighted by atomic mass is 9.74. The zero-order valence-electron chi connectivity index (χ0n) is 14.0. The van der Waals surface area contributed by atoms with Crippen LogP contribution < -0.4 is 5.32 Å². The lowest BCUT2D eigenvalue weighted by Gasteiger charge is -2.35. The minimum atomic E-state index is -0.254. The fourth-order valence-corrected chi connectivity index (χ4v) is 3.51. The average molecular weight is 321 g/mol. The van der Waals surface area contributed by atoms with Gasteiger partial charge < -0.3 is 10.4 Å². The summed E-state index contributed by atoms with van der Waals surface area (Å²) in [5.41, 5.74) is 0.865. The molecule has 1 aliphatic carbocycles. The molecule has 128 valence electrons. The molecule has 0 aromatic heterocycles. The van der Waals surface area contributed by atoms with Crippen molar-refractivity contribution in [3.05, 3.63) is 35.6 Å². The van der Waals surface area contributed by atoms with E-state index >= 15 is 0 Å². The van der Waals surface area contributed by atoms with Gasteiger partial charge in [0, 0.05) is 18.4 Å². The molecule has 1 aromatic carbocycles. The van der Waals surface area contributed by atoms with E-state index in [9.17, 15) is 14.3 Å². The highest BCUT2D eigenvalue weighted by molar-refractivity contribution is 5.76. The van der Waals surface area contributed by atoms with Crippen LogP contribution in [-0.2, 0) is 4.79 Å². The van der Waals surface area contributed by atoms with Crippen molar-refractivity contribution in [3.63, 3.8) is 0 Å². The van der Waals surface area contributed by atoms with Crippen molar-refractivity contribution in [1.82, 2.24) is 5.32 Å². The molecule has 0 spiro atoms. The Labute approximate surface area is 138 Å². The number of halogens is 1. The molecule has 0 heterocycles. The predicted octanol–water partition coefficient (Wildman–Crippen LogP) is 3.77. The summed E-state index contributed by atoms with van der Waals surface area (Å²) < 4.78 is 13.0. The summed E-state index contributed by atoms with van der Waals surface area (Å²) in [6, 6.07) is 6.40. The topological polar surface area (TPSA) is 49.3 Å². The molecule has 0 bridgehead atoms. The molecule has 1 unspecified atom stereocenters. The van der Waals surface area contributed by atoms with Crippen LogP contribution in [0, 0.1) is 11.2 Å². The Morgan fingerprint density at radius 2 is 1.91 bits per heavy atom. The summed E-state index contributed by atoms with van der Waals surface area (Å²) in [7, 11) is 0. The summed E-state index contributed by atoms with van der Waals surface area (Å²) in [5.74, 6) is -0.137. The van der Waals surface area contributed by atoms with Crippen LogP contribution >= 0.6 is 0 Å². The number of carbonyl (C=O) groups excluding carboxylic acids is 1. The van der Waals surface area contributed by atoms with Crippen LogP contribution in [-0.4, -0.2) is 24.2 Å². The molecule has 1 aromatic rings. The van der Waals surface area contributed by atoms with E-state index in [1.807, 2.05) is 6.92 Å². The van der Waals surface area contributed by atoms with E-state index < -0.39 is 0 Å². The molecule has 2 N–H and O–H groups in total. The maximum absolute atomic E-state index is 13.0. The Balaban J connectivity index is 1.88. The quantitative estimate of drug-likeness (QED) is 0.803. The molecule has 2 rings (SSSR count). The van der Waals surface area contributed by atoms with Crippen LogP contribution in [0.15, 0.2) is 24.3 Å². The summed E-state index contributed by atoms with van der Waals surface area (Å²) in [6.07, 6.45) is 6.69. The molecule has 1 fully saturated rings. The van der Waals surface area contributed by atoms with Crippen LogP contribution in [0.1, 0.15) is 63.4 Å². The first-order chi connectivity index (χ1) is 11.1. The first kappa shape index (κ1) is 17.9. The van der Waals surface area contributed by atoms with E-state index in [0.29, 0.717) is 13.0 Å². The molecule has 1 saturated carbocycles. The molecule has 1 amide bonds. The molecule has 4 heteroatoms. The number of rotatable bonds is 7. The van der Waals surface area contributed by atoms with Crippen LogP contribution in [0.3, 0.4) is 0 Å². The largest absolute Gasteiger partial charge is 0.396 e. The number of aliphatic hydroxyl groups is 1. The molecule has 23 heavy (non-hydrogen) atoms. The number of hydrogen-bond acceptors (Lipinski definition) is 2. The van der Waals surface area contributed by atoms with Gasteiger partial charge in [0.15, 0.2) is 0 Å². The Morgan fingerprint density at radius 1 is 1.26 bits per heavy atom. The van der Waals surface area contributed by atoms with E-state index in [2.05, 4.69) is 5.32 Å². The van der Waals surface area contributed by atoms with Gasteiger partial charge in [-0.25, -0.2) is 4.39 Å². The number of benzene rings is 1. The first-order valence-corrected chi connectivity index (χ1v) is 8.71. The van der Waals surface area contributed by atoms with Gasteiger partial charge in [-0.3, -0.25) is 4.79 Å². The Morgan fingerprint density at radius 3 is 2.48 bits per heavy atom. The Kier molecular flexibility index (Phi) is 6.58. The summed E-state index contributed by atoms with van der Waals surface area (Å²) in [6.45, 7) is 2.74. The van der Waals surface area contributed by atoms with Crippen LogP contribution in [0.25, 0.3) is 0 Å². The van der Waals surface area contributed by atoms with Gasteiger partial charge in [-0.15, -0.1) is 0 Å². The lowest BCUT2D eigenvalue weighted by molar-refractivity contribution is -0.122. The van der Waals surface area contributed by atoms with E-state index in [4.69, 9.17) is 0 Å². The fraction of sp³-hybridized carbons (Fsp3) is 0.632. The van der Waals surface area contributed by atoms with E-state index in [0.717, 1.165) is 37.7 Å². The van der Waals surface area contributed by atoms with Crippen molar-refractivity contribution in [1.29, 1.82) is 0 Å². The molecule has 0 saturated heterocycles. The number of nitrogens with one attached hydrogen (secondary N) is 1. The van der Waals surface area contributed by atoms with Crippen molar-refractivity contribution in [2.24, 2.45) is 5.41 Å². The van der Waals surface area contributed by atoms with Gasteiger partial charge in [0.05, 0.1) is 6.61 Å². The Bertz CT molecular complexity index is 495. The van der Waals surface area contributed by atoms with Gasteiger partial charge in [-0.05, 0) is 42.9 Å². The van der Waals surface area contributed by atoms with Crippen LogP contribution in [0.4, 0.5) is 4.39 Å². The van der Waals surface area contributed by atoms with Gasteiger partial charge in [0.1, 0.15) is 5.82 Å². The van der Waals surface area contributed by atoms with Gasteiger partial charge in [0.2, 0.25) is 5.91 Å². The third kappa shape index (κ3) is 5.03. The van der Waals surface area contributed by atoms with E-state index in [1.165, 1.54) is 18.6 Å². The third-order valence-electron chi connectivity index (χ3n) is 5.18. The summed E-state index contributed by atoms with van der Waals surface area (Å²) in [4.78, 5) is 12.3. The number of carbonyl (C=O) groups is 1. The van der Waals surface area contributed by atoms with Crippen molar-refractivity contribution in [2.75, 3.05) is 13.2 Å². The molecule has 0 aliphatic heterocycles. The first-order valence-electron chi connectivity index (χ1n) is 8.71. The van der Waals surface area contributed by atoms with Crippen molar-refractivity contribution in [3.8, 4) is 0 Å². The second-order valence-electron chi connectivity index (χ2n) is 6.86. The monoisotopic (exact) mass is 321 g/mol. The fourth-order valence-electron chi connectivity index (χ4n) is 3.51. The molecule has 3 nitrogen and oxygen atoms in total. The van der Waals surface area contributed by atoms with Crippen molar-refractivity contribution in [2.45, 2.75) is 57.8 Å². The highest BCUT2D eigenvalue weighted by Gasteiger charge is 2.31. The third-order valence-corrected chi connectivity index (χ3v) is 5.18. The molecular formula is C19H28FNO2. The highest BCUT2D eigenvalue weighted by atomic mass is 19.1. The number of aliphatic hydroxyl groups excluding tert-OH is 1. The van der Waals surface area contributed by atoms with Gasteiger partial charge in [-0.2, -0.15) is 0 Å². The standard InChI is InChI=1S/C19H28FNO2/c1-2-15(16-6-8-17(20)9-7-16)12-18(23)21-13-19(14-22)10-4-3-5-11-19/h6-9,15,22H,2-5,10-14H2,1H3,(H,21,23). The molecule has 1 atom stereocenters. The normalized spacial score (nSPS) is 18.4. The second kappa shape index (κ2) is 8.44. The Hall–Kier alpha value is -1.42. The minimum absolute atomic E-state index is 0.0135. The SMILES string of the molecule is CCC(CC(=O)NCC1(CO)CCCCC1)c1ccc(F)cc1. The van der Waals surface area contributed by atoms with E-state index in [1.54, 1.807) is 12.1 Å². The molecule has 0 radical (unpaired) electrons. The number of hydrogen-bond donors (Lipinski definition) is 2. The van der Waals surface area contributed by atoms with Crippen molar-refractivity contribution < 1.29 is 14.3 Å².